The monoisotopic (exact) mass is 357 g/mol. The Morgan fingerprint density at radius 2 is 1.77 bits per heavy atom. The minimum Gasteiger partial charge on any atom is -0.497 e. The summed E-state index contributed by atoms with van der Waals surface area (Å²) >= 11 is 0. The van der Waals surface area contributed by atoms with Gasteiger partial charge in [-0.3, -0.25) is 4.79 Å². The molecule has 1 amide bonds. The largest absolute Gasteiger partial charge is 0.497 e. The lowest BCUT2D eigenvalue weighted by molar-refractivity contribution is -0.117. The summed E-state index contributed by atoms with van der Waals surface area (Å²) in [5, 5.41) is 2.90. The van der Waals surface area contributed by atoms with Crippen molar-refractivity contribution >= 4 is 11.6 Å². The molecule has 7 nitrogen and oxygen atoms in total. The molecule has 0 aromatic heterocycles. The standard InChI is InChI=1S/C19H23N3O4/c1-24-13-6-4-5-12(9-13)20-19(23)17-11-16(21-22-17)15-8-7-14(25-2)10-18(15)26-3/h4-10,16-17,21-22H,11H2,1-3H3,(H,20,23). The van der Waals surface area contributed by atoms with Crippen LogP contribution in [0.2, 0.25) is 0 Å². The van der Waals surface area contributed by atoms with Crippen LogP contribution in [0.4, 0.5) is 5.69 Å². The first-order chi connectivity index (χ1) is 12.6. The second kappa shape index (κ2) is 8.07. The van der Waals surface area contributed by atoms with E-state index in [4.69, 9.17) is 14.2 Å². The maximum atomic E-state index is 12.5. The van der Waals surface area contributed by atoms with E-state index >= 15 is 0 Å². The van der Waals surface area contributed by atoms with Gasteiger partial charge in [0, 0.05) is 23.4 Å². The summed E-state index contributed by atoms with van der Waals surface area (Å²) in [7, 11) is 4.83. The van der Waals surface area contributed by atoms with E-state index < -0.39 is 0 Å². The zero-order valence-corrected chi connectivity index (χ0v) is 15.0. The molecule has 2 atom stereocenters. The Kier molecular flexibility index (Phi) is 5.60. The van der Waals surface area contributed by atoms with Gasteiger partial charge in [0.05, 0.1) is 27.4 Å². The van der Waals surface area contributed by atoms with E-state index in [0.29, 0.717) is 17.9 Å². The van der Waals surface area contributed by atoms with Crippen LogP contribution in [0.3, 0.4) is 0 Å². The molecule has 0 spiro atoms. The van der Waals surface area contributed by atoms with Gasteiger partial charge in [0.2, 0.25) is 5.91 Å². The van der Waals surface area contributed by atoms with Crippen molar-refractivity contribution in [3.05, 3.63) is 48.0 Å². The lowest BCUT2D eigenvalue weighted by Gasteiger charge is -2.15. The molecule has 26 heavy (non-hydrogen) atoms. The van der Waals surface area contributed by atoms with Crippen molar-refractivity contribution in [2.75, 3.05) is 26.6 Å². The maximum absolute atomic E-state index is 12.5. The number of methoxy groups -OCH3 is 3. The smallest absolute Gasteiger partial charge is 0.242 e. The van der Waals surface area contributed by atoms with E-state index in [9.17, 15) is 4.79 Å². The molecule has 0 saturated carbocycles. The third kappa shape index (κ3) is 3.89. The fourth-order valence-electron chi connectivity index (χ4n) is 2.97. The Morgan fingerprint density at radius 3 is 2.50 bits per heavy atom. The molecule has 1 aliphatic heterocycles. The van der Waals surface area contributed by atoms with Gasteiger partial charge in [-0.05, 0) is 24.6 Å². The lowest BCUT2D eigenvalue weighted by Crippen LogP contribution is -2.39. The summed E-state index contributed by atoms with van der Waals surface area (Å²) in [6.45, 7) is 0. The van der Waals surface area contributed by atoms with Gasteiger partial charge in [-0.25, -0.2) is 10.9 Å². The molecule has 1 aliphatic rings. The second-order valence-corrected chi connectivity index (χ2v) is 5.96. The Hall–Kier alpha value is -2.77. The molecule has 1 fully saturated rings. The van der Waals surface area contributed by atoms with E-state index in [1.54, 1.807) is 27.4 Å². The van der Waals surface area contributed by atoms with E-state index in [1.165, 1.54) is 0 Å². The highest BCUT2D eigenvalue weighted by atomic mass is 16.5. The molecular weight excluding hydrogens is 334 g/mol. The minimum absolute atomic E-state index is 0.0445. The van der Waals surface area contributed by atoms with Crippen molar-refractivity contribution in [3.8, 4) is 17.2 Å². The predicted octanol–water partition coefficient (Wildman–Crippen LogP) is 2.26. The lowest BCUT2D eigenvalue weighted by atomic mass is 10.0. The van der Waals surface area contributed by atoms with Crippen molar-refractivity contribution in [2.24, 2.45) is 0 Å². The highest BCUT2D eigenvalue weighted by Gasteiger charge is 2.31. The maximum Gasteiger partial charge on any atom is 0.242 e. The van der Waals surface area contributed by atoms with Gasteiger partial charge in [-0.15, -0.1) is 0 Å². The second-order valence-electron chi connectivity index (χ2n) is 5.96. The topological polar surface area (TPSA) is 80.9 Å². The Labute approximate surface area is 152 Å². The summed E-state index contributed by atoms with van der Waals surface area (Å²) < 4.78 is 15.9. The molecule has 0 bridgehead atoms. The van der Waals surface area contributed by atoms with Crippen LogP contribution >= 0.6 is 0 Å². The van der Waals surface area contributed by atoms with E-state index in [-0.39, 0.29) is 18.0 Å². The van der Waals surface area contributed by atoms with Gasteiger partial charge >= 0.3 is 0 Å². The van der Waals surface area contributed by atoms with Gasteiger partial charge in [0.1, 0.15) is 23.3 Å². The number of carbonyl (C=O) groups excluding carboxylic acids is 1. The van der Waals surface area contributed by atoms with Gasteiger partial charge in [-0.2, -0.15) is 0 Å². The normalized spacial score (nSPS) is 19.0. The zero-order chi connectivity index (χ0) is 18.5. The molecule has 2 aromatic rings. The molecule has 0 radical (unpaired) electrons. The fourth-order valence-corrected chi connectivity index (χ4v) is 2.97. The average molecular weight is 357 g/mol. The van der Waals surface area contributed by atoms with Crippen molar-refractivity contribution in [1.29, 1.82) is 0 Å². The Morgan fingerprint density at radius 1 is 1.00 bits per heavy atom. The Balaban J connectivity index is 1.67. The summed E-state index contributed by atoms with van der Waals surface area (Å²) in [4.78, 5) is 12.5. The highest BCUT2D eigenvalue weighted by molar-refractivity contribution is 5.95. The molecule has 0 aliphatic carbocycles. The number of amides is 1. The minimum atomic E-state index is -0.363. The zero-order valence-electron chi connectivity index (χ0n) is 15.0. The first-order valence-corrected chi connectivity index (χ1v) is 8.32. The number of anilines is 1. The van der Waals surface area contributed by atoms with Crippen LogP contribution in [-0.2, 0) is 4.79 Å². The first-order valence-electron chi connectivity index (χ1n) is 8.32. The third-order valence-electron chi connectivity index (χ3n) is 4.37. The number of hydrogen-bond donors (Lipinski definition) is 3. The predicted molar refractivity (Wildman–Crippen MR) is 98.6 cm³/mol. The van der Waals surface area contributed by atoms with Crippen LogP contribution in [0.5, 0.6) is 17.2 Å². The van der Waals surface area contributed by atoms with Crippen LogP contribution in [0, 0.1) is 0 Å². The molecule has 3 rings (SSSR count). The van der Waals surface area contributed by atoms with Crippen molar-refractivity contribution < 1.29 is 19.0 Å². The number of hydrogen-bond acceptors (Lipinski definition) is 6. The summed E-state index contributed by atoms with van der Waals surface area (Å²) in [6.07, 6.45) is 0.596. The van der Waals surface area contributed by atoms with Crippen LogP contribution in [0.25, 0.3) is 0 Å². The third-order valence-corrected chi connectivity index (χ3v) is 4.37. The van der Waals surface area contributed by atoms with Gasteiger partial charge in [-0.1, -0.05) is 12.1 Å². The molecule has 2 aromatic carbocycles. The van der Waals surface area contributed by atoms with E-state index in [2.05, 4.69) is 16.2 Å². The molecule has 1 heterocycles. The van der Waals surface area contributed by atoms with Crippen molar-refractivity contribution in [3.63, 3.8) is 0 Å². The molecule has 3 N–H and O–H groups in total. The summed E-state index contributed by atoms with van der Waals surface area (Å²) in [5.41, 5.74) is 7.89. The van der Waals surface area contributed by atoms with Crippen LogP contribution in [0.1, 0.15) is 18.0 Å². The average Bonchev–Trinajstić information content (AvgIpc) is 3.17. The van der Waals surface area contributed by atoms with Crippen LogP contribution < -0.4 is 30.4 Å². The van der Waals surface area contributed by atoms with Gasteiger partial charge in [0.15, 0.2) is 0 Å². The summed E-state index contributed by atoms with van der Waals surface area (Å²) in [6, 6.07) is 12.5. The fraction of sp³-hybridized carbons (Fsp3) is 0.316. The number of rotatable bonds is 6. The van der Waals surface area contributed by atoms with Crippen LogP contribution in [-0.4, -0.2) is 33.3 Å². The summed E-state index contributed by atoms with van der Waals surface area (Å²) in [5.74, 6) is 2.03. The number of benzene rings is 2. The number of nitrogens with one attached hydrogen (secondary N) is 3. The molecule has 2 unspecified atom stereocenters. The highest BCUT2D eigenvalue weighted by Crippen LogP contribution is 2.33. The molecule has 138 valence electrons. The van der Waals surface area contributed by atoms with Gasteiger partial charge in [0.25, 0.3) is 0 Å². The van der Waals surface area contributed by atoms with E-state index in [0.717, 1.165) is 17.1 Å². The van der Waals surface area contributed by atoms with Crippen LogP contribution in [0.15, 0.2) is 42.5 Å². The van der Waals surface area contributed by atoms with E-state index in [1.807, 2.05) is 36.4 Å². The number of ether oxygens (including phenoxy) is 3. The Bertz CT molecular complexity index is 781. The number of carbonyl (C=O) groups is 1. The molecule has 7 heteroatoms. The van der Waals surface area contributed by atoms with Crippen molar-refractivity contribution in [1.82, 2.24) is 10.9 Å². The molecular formula is C19H23N3O4. The number of hydrazine groups is 1. The van der Waals surface area contributed by atoms with Gasteiger partial charge < -0.3 is 19.5 Å². The van der Waals surface area contributed by atoms with Crippen molar-refractivity contribution in [2.45, 2.75) is 18.5 Å². The SMILES string of the molecule is COc1cccc(NC(=O)C2CC(c3ccc(OC)cc3OC)NN2)c1. The molecule has 1 saturated heterocycles. The first kappa shape index (κ1) is 18.0. The quantitative estimate of drug-likeness (QED) is 0.736.